The molecule has 0 saturated carbocycles. The third kappa shape index (κ3) is 3.54. The molecule has 0 radical (unpaired) electrons. The predicted octanol–water partition coefficient (Wildman–Crippen LogP) is 1.73. The third-order valence-corrected chi connectivity index (χ3v) is 2.22. The topological polar surface area (TPSA) is 41.5 Å². The highest BCUT2D eigenvalue weighted by Gasteiger charge is 2.27. The van der Waals surface area contributed by atoms with Crippen LogP contribution in [0.25, 0.3) is 0 Å². The first-order chi connectivity index (χ1) is 8.90. The molecule has 1 unspecified atom stereocenters. The zero-order chi connectivity index (χ0) is 14.6. The Kier molecular flexibility index (Phi) is 5.49. The number of aliphatic hydroxyl groups is 1. The second kappa shape index (κ2) is 6.67. The van der Waals surface area contributed by atoms with Crippen molar-refractivity contribution in [3.63, 3.8) is 0 Å². The van der Waals surface area contributed by atoms with Crippen LogP contribution in [0.5, 0.6) is 5.75 Å². The van der Waals surface area contributed by atoms with Crippen molar-refractivity contribution in [3.05, 3.63) is 29.1 Å². The number of hydrogen-bond donors (Lipinski definition) is 2. The molecule has 0 amide bonds. The molecule has 1 aromatic rings. The minimum atomic E-state index is -2.25. The van der Waals surface area contributed by atoms with Crippen molar-refractivity contribution >= 4 is 0 Å². The Hall–Kier alpha value is -1.41. The molecule has 1 aromatic carbocycles. The van der Waals surface area contributed by atoms with Gasteiger partial charge in [0.1, 0.15) is 12.7 Å². The fourth-order valence-corrected chi connectivity index (χ4v) is 1.26. The van der Waals surface area contributed by atoms with Crippen molar-refractivity contribution < 1.29 is 31.8 Å². The number of rotatable bonds is 6. The molecule has 1 rings (SSSR count). The van der Waals surface area contributed by atoms with Crippen LogP contribution >= 0.6 is 0 Å². The van der Waals surface area contributed by atoms with Crippen LogP contribution in [0.3, 0.4) is 0 Å². The summed E-state index contributed by atoms with van der Waals surface area (Å²) < 4.78 is 69.1. The maximum atomic E-state index is 13.2. The summed E-state index contributed by atoms with van der Waals surface area (Å²) in [6, 6.07) is 0. The highest BCUT2D eigenvalue weighted by atomic mass is 19.2. The fourth-order valence-electron chi connectivity index (χ4n) is 1.26. The van der Waals surface area contributed by atoms with Gasteiger partial charge in [0.25, 0.3) is 0 Å². The molecule has 1 atom stereocenters. The number of benzene rings is 1. The molecule has 0 aliphatic carbocycles. The molecule has 0 bridgehead atoms. The number of halogens is 5. The number of ether oxygens (including phenoxy) is 1. The maximum Gasteiger partial charge on any atom is 0.206 e. The van der Waals surface area contributed by atoms with Gasteiger partial charge in [-0.15, -0.1) is 0 Å². The van der Waals surface area contributed by atoms with E-state index < -0.39 is 47.5 Å². The summed E-state index contributed by atoms with van der Waals surface area (Å²) in [6.07, 6.45) is -1.14. The van der Waals surface area contributed by atoms with Crippen LogP contribution in [-0.4, -0.2) is 30.9 Å². The van der Waals surface area contributed by atoms with Crippen LogP contribution in [0.2, 0.25) is 0 Å². The van der Waals surface area contributed by atoms with Gasteiger partial charge in [0, 0.05) is 6.54 Å². The Morgan fingerprint density at radius 2 is 1.47 bits per heavy atom. The van der Waals surface area contributed by atoms with Gasteiger partial charge in [-0.25, -0.2) is 13.2 Å². The van der Waals surface area contributed by atoms with Crippen molar-refractivity contribution in [2.24, 2.45) is 0 Å². The molecule has 0 aliphatic rings. The maximum absolute atomic E-state index is 13.2. The smallest absolute Gasteiger partial charge is 0.206 e. The number of likely N-dealkylation sites (N-methyl/N-ethyl adjacent to an activating group) is 1. The van der Waals surface area contributed by atoms with Gasteiger partial charge in [-0.05, 0) is 6.54 Å². The van der Waals surface area contributed by atoms with Gasteiger partial charge < -0.3 is 15.2 Å². The lowest BCUT2D eigenvalue weighted by molar-refractivity contribution is 0.100. The van der Waals surface area contributed by atoms with Gasteiger partial charge in [-0.1, -0.05) is 6.92 Å². The zero-order valence-corrected chi connectivity index (χ0v) is 9.94. The summed E-state index contributed by atoms with van der Waals surface area (Å²) in [7, 11) is 0. The van der Waals surface area contributed by atoms with Crippen LogP contribution in [-0.2, 0) is 0 Å². The Labute approximate surface area is 106 Å². The van der Waals surface area contributed by atoms with Crippen molar-refractivity contribution in [1.82, 2.24) is 5.32 Å². The van der Waals surface area contributed by atoms with Crippen LogP contribution in [0, 0.1) is 29.1 Å². The predicted molar refractivity (Wildman–Crippen MR) is 56.3 cm³/mol. The van der Waals surface area contributed by atoms with E-state index in [0.717, 1.165) is 0 Å². The summed E-state index contributed by atoms with van der Waals surface area (Å²) >= 11 is 0. The van der Waals surface area contributed by atoms with E-state index in [4.69, 9.17) is 0 Å². The first-order valence-electron chi connectivity index (χ1n) is 5.43. The zero-order valence-electron chi connectivity index (χ0n) is 9.94. The Balaban J connectivity index is 2.84. The standard InChI is InChI=1S/C11H12F5NO2/c1-2-17-3-5(18)4-19-11-9(15)7(13)6(12)8(14)10(11)16/h5,17-18H,2-4H2,1H3. The quantitative estimate of drug-likeness (QED) is 0.475. The van der Waals surface area contributed by atoms with Gasteiger partial charge in [0.2, 0.25) is 29.1 Å². The first-order valence-corrected chi connectivity index (χ1v) is 5.43. The highest BCUT2D eigenvalue weighted by Crippen LogP contribution is 2.29. The second-order valence-corrected chi connectivity index (χ2v) is 3.67. The summed E-state index contributed by atoms with van der Waals surface area (Å²) in [5.74, 6) is -12.0. The van der Waals surface area contributed by atoms with Crippen molar-refractivity contribution in [3.8, 4) is 5.75 Å². The SMILES string of the molecule is CCNCC(O)COc1c(F)c(F)c(F)c(F)c1F. The Morgan fingerprint density at radius 3 is 1.95 bits per heavy atom. The second-order valence-electron chi connectivity index (χ2n) is 3.67. The molecule has 0 spiro atoms. The fraction of sp³-hybridized carbons (Fsp3) is 0.455. The molecule has 0 aliphatic heterocycles. The number of nitrogens with one attached hydrogen (secondary N) is 1. The largest absolute Gasteiger partial charge is 0.485 e. The molecular weight excluding hydrogens is 273 g/mol. The average molecular weight is 285 g/mol. The molecule has 108 valence electrons. The molecule has 0 fully saturated rings. The Morgan fingerprint density at radius 1 is 1.00 bits per heavy atom. The van der Waals surface area contributed by atoms with Crippen LogP contribution in [0.15, 0.2) is 0 Å². The molecule has 0 heterocycles. The summed E-state index contributed by atoms with van der Waals surface area (Å²) in [5, 5.41) is 12.0. The molecule has 19 heavy (non-hydrogen) atoms. The molecule has 2 N–H and O–H groups in total. The van der Waals surface area contributed by atoms with Crippen molar-refractivity contribution in [2.75, 3.05) is 19.7 Å². The Bertz CT molecular complexity index is 426. The van der Waals surface area contributed by atoms with Crippen LogP contribution in [0.1, 0.15) is 6.92 Å². The van der Waals surface area contributed by atoms with Crippen molar-refractivity contribution in [1.29, 1.82) is 0 Å². The summed E-state index contributed by atoms with van der Waals surface area (Å²) in [4.78, 5) is 0. The highest BCUT2D eigenvalue weighted by molar-refractivity contribution is 5.29. The van der Waals surface area contributed by atoms with Gasteiger partial charge >= 0.3 is 0 Å². The molecular formula is C11H12F5NO2. The van der Waals surface area contributed by atoms with E-state index in [2.05, 4.69) is 10.1 Å². The lowest BCUT2D eigenvalue weighted by Crippen LogP contribution is -2.31. The van der Waals surface area contributed by atoms with E-state index >= 15 is 0 Å². The van der Waals surface area contributed by atoms with E-state index in [1.165, 1.54) is 0 Å². The molecule has 8 heteroatoms. The monoisotopic (exact) mass is 285 g/mol. The molecule has 0 aromatic heterocycles. The average Bonchev–Trinajstić information content (AvgIpc) is 2.40. The number of hydrogen-bond acceptors (Lipinski definition) is 3. The summed E-state index contributed by atoms with van der Waals surface area (Å²) in [5.41, 5.74) is 0. The van der Waals surface area contributed by atoms with Gasteiger partial charge in [0.05, 0.1) is 0 Å². The van der Waals surface area contributed by atoms with E-state index in [9.17, 15) is 27.1 Å². The van der Waals surface area contributed by atoms with Gasteiger partial charge in [-0.3, -0.25) is 0 Å². The normalized spacial score (nSPS) is 12.6. The summed E-state index contributed by atoms with van der Waals surface area (Å²) in [6.45, 7) is 1.76. The van der Waals surface area contributed by atoms with Crippen LogP contribution in [0.4, 0.5) is 22.0 Å². The minimum Gasteiger partial charge on any atom is -0.485 e. The molecule has 0 saturated heterocycles. The van der Waals surface area contributed by atoms with Gasteiger partial charge in [-0.2, -0.15) is 8.78 Å². The first kappa shape index (κ1) is 15.6. The lowest BCUT2D eigenvalue weighted by atomic mass is 10.2. The minimum absolute atomic E-state index is 0.0614. The van der Waals surface area contributed by atoms with E-state index in [0.29, 0.717) is 6.54 Å². The lowest BCUT2D eigenvalue weighted by Gasteiger charge is -2.14. The third-order valence-electron chi connectivity index (χ3n) is 2.22. The van der Waals surface area contributed by atoms with E-state index in [1.54, 1.807) is 6.92 Å². The van der Waals surface area contributed by atoms with E-state index in [1.807, 2.05) is 0 Å². The van der Waals surface area contributed by atoms with E-state index in [-0.39, 0.29) is 6.54 Å². The van der Waals surface area contributed by atoms with Gasteiger partial charge in [0.15, 0.2) is 5.75 Å². The van der Waals surface area contributed by atoms with Crippen molar-refractivity contribution in [2.45, 2.75) is 13.0 Å². The molecule has 3 nitrogen and oxygen atoms in total. The number of aliphatic hydroxyl groups excluding tert-OH is 1. The van der Waals surface area contributed by atoms with Crippen LogP contribution < -0.4 is 10.1 Å².